The predicted octanol–water partition coefficient (Wildman–Crippen LogP) is 1.54. The Morgan fingerprint density at radius 3 is 2.20 bits per heavy atom. The third kappa shape index (κ3) is 0.516. The summed E-state index contributed by atoms with van der Waals surface area (Å²) in [5, 5.41) is 1.48. The van der Waals surface area contributed by atoms with Gasteiger partial charge < -0.3 is 0 Å². The molecule has 0 saturated heterocycles. The minimum Gasteiger partial charge on any atom is -0.110 e. The van der Waals surface area contributed by atoms with Crippen LogP contribution in [0.3, 0.4) is 0 Å². The number of hydrogen-bond donors (Lipinski definition) is 0. The van der Waals surface area contributed by atoms with E-state index in [-0.39, 0.29) is 0 Å². The monoisotopic (exact) mass is 86.0 g/mol. The van der Waals surface area contributed by atoms with Crippen LogP contribution in [-0.4, -0.2) is 0 Å². The van der Waals surface area contributed by atoms with Crippen molar-refractivity contribution in [2.45, 2.75) is 12.8 Å². The summed E-state index contributed by atoms with van der Waals surface area (Å²) < 4.78 is 0. The zero-order valence-corrected chi connectivity index (χ0v) is 4.22. The molecule has 1 unspecified atom stereocenters. The van der Waals surface area contributed by atoms with Crippen LogP contribution in [0, 0.1) is 0 Å². The van der Waals surface area contributed by atoms with Crippen LogP contribution in [0.4, 0.5) is 0 Å². The quantitative estimate of drug-likeness (QED) is 0.392. The maximum absolute atomic E-state index is 2.68. The lowest BCUT2D eigenvalue weighted by atomic mass is 10.1. The van der Waals surface area contributed by atoms with Gasteiger partial charge in [-0.05, 0) is 12.8 Å². The lowest BCUT2D eigenvalue weighted by Crippen LogP contribution is -1.81. The Labute approximate surface area is 34.5 Å². The molecule has 0 spiro atoms. The first-order valence-electron chi connectivity index (χ1n) is 1.84. The van der Waals surface area contributed by atoms with Gasteiger partial charge in [0.15, 0.2) is 0 Å². The molecule has 0 amide bonds. The molecule has 0 aromatic heterocycles. The highest BCUT2D eigenvalue weighted by molar-refractivity contribution is 7.22. The Bertz CT molecular complexity index is 64.0. The van der Waals surface area contributed by atoms with Crippen LogP contribution < -0.4 is 0 Å². The molecule has 0 nitrogen and oxygen atoms in total. The van der Waals surface area contributed by atoms with E-state index in [1.807, 2.05) is 0 Å². The Morgan fingerprint density at radius 1 is 1.80 bits per heavy atom. The summed E-state index contributed by atoms with van der Waals surface area (Å²) in [6, 6.07) is 0. The van der Waals surface area contributed by atoms with E-state index in [4.69, 9.17) is 0 Å². The third-order valence-corrected chi connectivity index (χ3v) is 1.36. The van der Waals surface area contributed by atoms with Crippen molar-refractivity contribution in [3.8, 4) is 0 Å². The standard InChI is InChI=1S/C4H7P/c5-4-2-1-3-4/h2H,1,3,5H2. The minimum absolute atomic E-state index is 1.30. The second-order valence-electron chi connectivity index (χ2n) is 1.32. The average molecular weight is 86.1 g/mol. The smallest absolute Gasteiger partial charge is 0.0248 e. The highest BCUT2D eigenvalue weighted by Crippen LogP contribution is 2.22. The largest absolute Gasteiger partial charge is 0.110 e. The summed E-state index contributed by atoms with van der Waals surface area (Å²) in [5.74, 6) is 0. The number of allylic oxidation sites excluding steroid dienone is 2. The Kier molecular flexibility index (Phi) is 0.740. The molecule has 0 saturated carbocycles. The second kappa shape index (κ2) is 1.10. The van der Waals surface area contributed by atoms with Crippen LogP contribution in [0.5, 0.6) is 0 Å². The first-order chi connectivity index (χ1) is 2.39. The van der Waals surface area contributed by atoms with E-state index >= 15 is 0 Å². The molecule has 1 aliphatic rings. The van der Waals surface area contributed by atoms with Crippen LogP contribution >= 0.6 is 9.24 Å². The maximum atomic E-state index is 2.68. The van der Waals surface area contributed by atoms with Gasteiger partial charge >= 0.3 is 0 Å². The van der Waals surface area contributed by atoms with E-state index < -0.39 is 0 Å². The summed E-state index contributed by atoms with van der Waals surface area (Å²) in [5.41, 5.74) is 0. The lowest BCUT2D eigenvalue weighted by molar-refractivity contribution is 0.942. The molecule has 1 rings (SSSR count). The lowest BCUT2D eigenvalue weighted by Gasteiger charge is -2.04. The molecule has 28 valence electrons. The fourth-order valence-electron chi connectivity index (χ4n) is 0.311. The minimum atomic E-state index is 1.30. The van der Waals surface area contributed by atoms with E-state index in [1.54, 1.807) is 0 Å². The fraction of sp³-hybridized carbons (Fsp3) is 0.500. The zero-order chi connectivity index (χ0) is 3.70. The van der Waals surface area contributed by atoms with Crippen molar-refractivity contribution in [2.75, 3.05) is 0 Å². The van der Waals surface area contributed by atoms with Gasteiger partial charge in [0.05, 0.1) is 0 Å². The first kappa shape index (κ1) is 3.36. The highest BCUT2D eigenvalue weighted by atomic mass is 31.0. The molecule has 0 aromatic carbocycles. The summed E-state index contributed by atoms with van der Waals surface area (Å²) in [6.45, 7) is 0. The predicted molar refractivity (Wildman–Crippen MR) is 27.0 cm³/mol. The number of rotatable bonds is 0. The molecule has 1 heteroatoms. The maximum Gasteiger partial charge on any atom is -0.0248 e. The first-order valence-corrected chi connectivity index (χ1v) is 2.42. The van der Waals surface area contributed by atoms with Gasteiger partial charge in [-0.2, -0.15) is 0 Å². The van der Waals surface area contributed by atoms with Gasteiger partial charge in [-0.25, -0.2) is 0 Å². The Hall–Kier alpha value is 0.170. The molecule has 0 aromatic rings. The van der Waals surface area contributed by atoms with Gasteiger partial charge in [-0.15, -0.1) is 9.24 Å². The van der Waals surface area contributed by atoms with Crippen LogP contribution in [-0.2, 0) is 0 Å². The SMILES string of the molecule is PC1=CCC1. The van der Waals surface area contributed by atoms with Crippen molar-refractivity contribution >= 4 is 9.24 Å². The van der Waals surface area contributed by atoms with E-state index in [1.165, 1.54) is 18.2 Å². The molecule has 0 N–H and O–H groups in total. The van der Waals surface area contributed by atoms with Gasteiger partial charge in [0.2, 0.25) is 0 Å². The molecular weight excluding hydrogens is 79.0 g/mol. The molecular formula is C4H7P. The molecule has 5 heavy (non-hydrogen) atoms. The van der Waals surface area contributed by atoms with Gasteiger partial charge in [-0.1, -0.05) is 11.4 Å². The molecule has 0 heterocycles. The molecule has 0 bridgehead atoms. The van der Waals surface area contributed by atoms with Crippen LogP contribution in [0.25, 0.3) is 0 Å². The normalized spacial score (nSPS) is 20.6. The van der Waals surface area contributed by atoms with Crippen molar-refractivity contribution in [2.24, 2.45) is 0 Å². The van der Waals surface area contributed by atoms with Gasteiger partial charge in [0.25, 0.3) is 0 Å². The van der Waals surface area contributed by atoms with Crippen LogP contribution in [0.15, 0.2) is 11.4 Å². The molecule has 1 atom stereocenters. The van der Waals surface area contributed by atoms with Crippen molar-refractivity contribution < 1.29 is 0 Å². The third-order valence-electron chi connectivity index (χ3n) is 0.840. The van der Waals surface area contributed by atoms with E-state index in [9.17, 15) is 0 Å². The summed E-state index contributed by atoms with van der Waals surface area (Å²) in [7, 11) is 2.68. The molecule has 0 radical (unpaired) electrons. The van der Waals surface area contributed by atoms with Crippen molar-refractivity contribution in [1.29, 1.82) is 0 Å². The van der Waals surface area contributed by atoms with Crippen molar-refractivity contribution in [1.82, 2.24) is 0 Å². The Balaban J connectivity index is 2.51. The van der Waals surface area contributed by atoms with E-state index in [0.29, 0.717) is 0 Å². The highest BCUT2D eigenvalue weighted by Gasteiger charge is 1.94. The average Bonchev–Trinajstić information content (AvgIpc) is 1.30. The van der Waals surface area contributed by atoms with Gasteiger partial charge in [0, 0.05) is 0 Å². The van der Waals surface area contributed by atoms with Crippen molar-refractivity contribution in [3.63, 3.8) is 0 Å². The molecule has 1 aliphatic carbocycles. The van der Waals surface area contributed by atoms with Gasteiger partial charge in [-0.3, -0.25) is 0 Å². The fourth-order valence-corrected chi connectivity index (χ4v) is 0.644. The van der Waals surface area contributed by atoms with Crippen LogP contribution in [0.1, 0.15) is 12.8 Å². The second-order valence-corrected chi connectivity index (χ2v) is 2.06. The molecule has 0 aliphatic heterocycles. The van der Waals surface area contributed by atoms with Crippen LogP contribution in [0.2, 0.25) is 0 Å². The summed E-state index contributed by atoms with van der Waals surface area (Å²) in [4.78, 5) is 0. The number of hydrogen-bond acceptors (Lipinski definition) is 0. The van der Waals surface area contributed by atoms with E-state index in [2.05, 4.69) is 15.3 Å². The topological polar surface area (TPSA) is 0 Å². The van der Waals surface area contributed by atoms with Crippen molar-refractivity contribution in [3.05, 3.63) is 11.4 Å². The zero-order valence-electron chi connectivity index (χ0n) is 3.07. The van der Waals surface area contributed by atoms with Gasteiger partial charge in [0.1, 0.15) is 0 Å². The summed E-state index contributed by atoms with van der Waals surface area (Å²) in [6.07, 6.45) is 4.84. The molecule has 0 fully saturated rings. The van der Waals surface area contributed by atoms with E-state index in [0.717, 1.165) is 0 Å². The Morgan fingerprint density at radius 2 is 2.20 bits per heavy atom. The summed E-state index contributed by atoms with van der Waals surface area (Å²) >= 11 is 0.